The SMILES string of the molecule is CCNC(=NCC(=O)Nc1ccc(F)c(F)c1F)NCC1(CCO)CCOC1. The van der Waals surface area contributed by atoms with E-state index in [1.807, 2.05) is 6.92 Å². The van der Waals surface area contributed by atoms with Crippen molar-refractivity contribution >= 4 is 17.6 Å². The average molecular weight is 402 g/mol. The molecule has 0 aromatic heterocycles. The van der Waals surface area contributed by atoms with Crippen molar-refractivity contribution in [1.29, 1.82) is 0 Å². The van der Waals surface area contributed by atoms with Crippen LogP contribution in [0, 0.1) is 22.9 Å². The Morgan fingerprint density at radius 1 is 1.29 bits per heavy atom. The molecule has 1 aromatic rings. The molecule has 1 amide bonds. The molecule has 0 saturated carbocycles. The first-order chi connectivity index (χ1) is 13.4. The van der Waals surface area contributed by atoms with Crippen molar-refractivity contribution in [3.05, 3.63) is 29.6 Å². The molecule has 1 unspecified atom stereocenters. The van der Waals surface area contributed by atoms with Gasteiger partial charge in [-0.15, -0.1) is 0 Å². The largest absolute Gasteiger partial charge is 0.396 e. The third-order valence-corrected chi connectivity index (χ3v) is 4.49. The highest BCUT2D eigenvalue weighted by Crippen LogP contribution is 2.31. The third-order valence-electron chi connectivity index (χ3n) is 4.49. The lowest BCUT2D eigenvalue weighted by molar-refractivity contribution is -0.114. The lowest BCUT2D eigenvalue weighted by atomic mass is 9.84. The normalized spacial score (nSPS) is 19.5. The quantitative estimate of drug-likeness (QED) is 0.300. The first-order valence-electron chi connectivity index (χ1n) is 9.05. The van der Waals surface area contributed by atoms with Crippen LogP contribution in [-0.2, 0) is 9.53 Å². The van der Waals surface area contributed by atoms with Crippen molar-refractivity contribution in [1.82, 2.24) is 10.6 Å². The zero-order valence-corrected chi connectivity index (χ0v) is 15.7. The van der Waals surface area contributed by atoms with E-state index in [0.29, 0.717) is 38.7 Å². The van der Waals surface area contributed by atoms with Crippen LogP contribution in [0.2, 0.25) is 0 Å². The fourth-order valence-corrected chi connectivity index (χ4v) is 2.89. The molecule has 1 fully saturated rings. The maximum absolute atomic E-state index is 13.6. The third kappa shape index (κ3) is 5.83. The van der Waals surface area contributed by atoms with Crippen LogP contribution in [0.5, 0.6) is 0 Å². The van der Waals surface area contributed by atoms with Gasteiger partial charge in [-0.1, -0.05) is 0 Å². The molecule has 4 N–H and O–H groups in total. The van der Waals surface area contributed by atoms with Crippen molar-refractivity contribution < 1.29 is 27.8 Å². The van der Waals surface area contributed by atoms with Crippen molar-refractivity contribution in [2.24, 2.45) is 10.4 Å². The van der Waals surface area contributed by atoms with E-state index >= 15 is 0 Å². The average Bonchev–Trinajstić information content (AvgIpc) is 3.13. The van der Waals surface area contributed by atoms with Crippen LogP contribution in [0.25, 0.3) is 0 Å². The second-order valence-corrected chi connectivity index (χ2v) is 6.60. The number of halogens is 3. The molecule has 10 heteroatoms. The van der Waals surface area contributed by atoms with E-state index in [-0.39, 0.29) is 18.6 Å². The maximum atomic E-state index is 13.6. The number of guanidine groups is 1. The van der Waals surface area contributed by atoms with Gasteiger partial charge in [-0.3, -0.25) is 4.79 Å². The minimum Gasteiger partial charge on any atom is -0.396 e. The molecule has 1 atom stereocenters. The van der Waals surface area contributed by atoms with Crippen LogP contribution in [0.1, 0.15) is 19.8 Å². The van der Waals surface area contributed by atoms with Gasteiger partial charge in [-0.05, 0) is 31.9 Å². The van der Waals surface area contributed by atoms with Crippen LogP contribution in [0.4, 0.5) is 18.9 Å². The number of rotatable bonds is 8. The number of benzene rings is 1. The summed E-state index contributed by atoms with van der Waals surface area (Å²) in [5, 5.41) is 17.5. The van der Waals surface area contributed by atoms with Gasteiger partial charge >= 0.3 is 0 Å². The summed E-state index contributed by atoms with van der Waals surface area (Å²) in [5.41, 5.74) is -0.663. The molecule has 28 heavy (non-hydrogen) atoms. The molecule has 1 aliphatic heterocycles. The van der Waals surface area contributed by atoms with Crippen molar-refractivity contribution in [2.75, 3.05) is 44.8 Å². The van der Waals surface area contributed by atoms with Crippen LogP contribution in [0.15, 0.2) is 17.1 Å². The summed E-state index contributed by atoms with van der Waals surface area (Å²) in [6.07, 6.45) is 1.38. The highest BCUT2D eigenvalue weighted by Gasteiger charge is 2.34. The van der Waals surface area contributed by atoms with Gasteiger partial charge in [0.2, 0.25) is 5.91 Å². The summed E-state index contributed by atoms with van der Waals surface area (Å²) < 4.78 is 45.2. The second kappa shape index (κ2) is 10.3. The standard InChI is InChI=1S/C18H25F3N4O3/c1-2-22-17(24-10-18(5-7-26)6-8-28-11-18)23-9-14(27)25-13-4-3-12(19)15(20)16(13)21/h3-4,26H,2,5-11H2,1H3,(H,25,27)(H2,22,23,24). The first-order valence-corrected chi connectivity index (χ1v) is 9.05. The van der Waals surface area contributed by atoms with Gasteiger partial charge < -0.3 is 25.8 Å². The number of nitrogens with one attached hydrogen (secondary N) is 3. The van der Waals surface area contributed by atoms with Crippen molar-refractivity contribution in [3.8, 4) is 0 Å². The number of carbonyl (C=O) groups excluding carboxylic acids is 1. The summed E-state index contributed by atoms with van der Waals surface area (Å²) in [6, 6.07) is 1.67. The number of carbonyl (C=O) groups is 1. The Morgan fingerprint density at radius 2 is 2.07 bits per heavy atom. The highest BCUT2D eigenvalue weighted by atomic mass is 19.2. The van der Waals surface area contributed by atoms with Gasteiger partial charge in [0.05, 0.1) is 12.3 Å². The van der Waals surface area contributed by atoms with Gasteiger partial charge in [0.15, 0.2) is 23.4 Å². The van der Waals surface area contributed by atoms with E-state index in [0.717, 1.165) is 18.6 Å². The number of aliphatic hydroxyl groups is 1. The van der Waals surface area contributed by atoms with Crippen LogP contribution in [0.3, 0.4) is 0 Å². The summed E-state index contributed by atoms with van der Waals surface area (Å²) in [6.45, 7) is 3.75. The number of amides is 1. The predicted octanol–water partition coefficient (Wildman–Crippen LogP) is 1.39. The fraction of sp³-hybridized carbons (Fsp3) is 0.556. The molecule has 1 aromatic carbocycles. The summed E-state index contributed by atoms with van der Waals surface area (Å²) in [7, 11) is 0. The molecule has 0 aliphatic carbocycles. The molecule has 0 spiro atoms. The lowest BCUT2D eigenvalue weighted by Gasteiger charge is -2.27. The molecule has 0 bridgehead atoms. The van der Waals surface area contributed by atoms with Crippen molar-refractivity contribution in [2.45, 2.75) is 19.8 Å². The molecule has 1 aliphatic rings. The molecule has 0 radical (unpaired) electrons. The topological polar surface area (TPSA) is 95.0 Å². The number of ether oxygens (including phenoxy) is 1. The molecular formula is C18H25F3N4O3. The van der Waals surface area contributed by atoms with Crippen LogP contribution in [-0.4, -0.2) is 56.4 Å². The first kappa shape index (κ1) is 22.0. The summed E-state index contributed by atoms with van der Waals surface area (Å²) >= 11 is 0. The van der Waals surface area contributed by atoms with Gasteiger partial charge in [0.25, 0.3) is 0 Å². The number of hydrogen-bond acceptors (Lipinski definition) is 4. The Balaban J connectivity index is 1.96. The van der Waals surface area contributed by atoms with Gasteiger partial charge in [-0.2, -0.15) is 0 Å². The van der Waals surface area contributed by atoms with E-state index in [1.54, 1.807) is 0 Å². The minimum atomic E-state index is -1.65. The maximum Gasteiger partial charge on any atom is 0.246 e. The van der Waals surface area contributed by atoms with E-state index in [1.165, 1.54) is 0 Å². The summed E-state index contributed by atoms with van der Waals surface area (Å²) in [4.78, 5) is 16.1. The van der Waals surface area contributed by atoms with E-state index in [2.05, 4.69) is 20.9 Å². The zero-order chi connectivity index (χ0) is 20.6. The zero-order valence-electron chi connectivity index (χ0n) is 15.7. The van der Waals surface area contributed by atoms with E-state index in [9.17, 15) is 23.1 Å². The number of hydrogen-bond donors (Lipinski definition) is 4. The number of anilines is 1. The molecular weight excluding hydrogens is 377 g/mol. The minimum absolute atomic E-state index is 0.0426. The molecule has 156 valence electrons. The Labute approximate surface area is 161 Å². The fourth-order valence-electron chi connectivity index (χ4n) is 2.89. The Morgan fingerprint density at radius 3 is 2.71 bits per heavy atom. The van der Waals surface area contributed by atoms with Crippen LogP contribution >= 0.6 is 0 Å². The van der Waals surface area contributed by atoms with E-state index < -0.39 is 29.0 Å². The number of nitrogens with zero attached hydrogens (tertiary/aromatic N) is 1. The smallest absolute Gasteiger partial charge is 0.246 e. The number of aliphatic hydroxyl groups excluding tert-OH is 1. The Hall–Kier alpha value is -2.33. The van der Waals surface area contributed by atoms with Crippen molar-refractivity contribution in [3.63, 3.8) is 0 Å². The molecule has 1 heterocycles. The van der Waals surface area contributed by atoms with E-state index in [4.69, 9.17) is 4.74 Å². The molecule has 2 rings (SSSR count). The predicted molar refractivity (Wildman–Crippen MR) is 98.5 cm³/mol. The van der Waals surface area contributed by atoms with Gasteiger partial charge in [-0.25, -0.2) is 18.2 Å². The number of aliphatic imine (C=N–C) groups is 1. The summed E-state index contributed by atoms with van der Waals surface area (Å²) in [5.74, 6) is -4.76. The highest BCUT2D eigenvalue weighted by molar-refractivity contribution is 5.94. The lowest BCUT2D eigenvalue weighted by Crippen LogP contribution is -2.44. The molecule has 7 nitrogen and oxygen atoms in total. The Kier molecular flexibility index (Phi) is 8.06. The van der Waals surface area contributed by atoms with Gasteiger partial charge in [0, 0.05) is 31.7 Å². The van der Waals surface area contributed by atoms with Crippen LogP contribution < -0.4 is 16.0 Å². The monoisotopic (exact) mass is 402 g/mol. The second-order valence-electron chi connectivity index (χ2n) is 6.60. The Bertz CT molecular complexity index is 710. The van der Waals surface area contributed by atoms with Gasteiger partial charge in [0.1, 0.15) is 6.54 Å². The molecule has 1 saturated heterocycles.